The number of rotatable bonds is 2. The minimum atomic E-state index is 0.418. The highest BCUT2D eigenvalue weighted by atomic mass is 79.9. The van der Waals surface area contributed by atoms with Gasteiger partial charge in [0.1, 0.15) is 0 Å². The predicted octanol–water partition coefficient (Wildman–Crippen LogP) is 4.09. The average molecular weight is 226 g/mol. The van der Waals surface area contributed by atoms with E-state index in [0.717, 1.165) is 10.9 Å². The molecule has 0 N–H and O–H groups in total. The predicted molar refractivity (Wildman–Crippen MR) is 57.3 cm³/mol. The molecule has 0 nitrogen and oxygen atoms in total. The second kappa shape index (κ2) is 4.08. The van der Waals surface area contributed by atoms with Crippen LogP contribution in [0.5, 0.6) is 0 Å². The lowest BCUT2D eigenvalue weighted by Gasteiger charge is -2.09. The van der Waals surface area contributed by atoms with Crippen LogP contribution in [0.1, 0.15) is 30.4 Å². The zero-order chi connectivity index (χ0) is 9.14. The first kappa shape index (κ1) is 9.79. The fraction of sp³-hybridized carbons (Fsp3) is 0.364. The highest BCUT2D eigenvalue weighted by Gasteiger charge is 2.03. The van der Waals surface area contributed by atoms with Gasteiger partial charge in [-0.05, 0) is 49.4 Å². The van der Waals surface area contributed by atoms with Gasteiger partial charge in [0.25, 0.3) is 0 Å². The monoisotopic (exact) mass is 225 g/mol. The molecule has 0 aliphatic rings. The van der Waals surface area contributed by atoms with Crippen molar-refractivity contribution in [2.75, 3.05) is 0 Å². The molecule has 1 rings (SSSR count). The van der Waals surface area contributed by atoms with Crippen molar-refractivity contribution < 1.29 is 0 Å². The summed E-state index contributed by atoms with van der Waals surface area (Å²) in [6.07, 6.45) is 1.09. The third-order valence-corrected chi connectivity index (χ3v) is 2.49. The standard InChI is InChI=1S/C11H14Br/c1-4-9(3)10-5-8(2)6-11(12)7-10/h5-7,9H,3-4H2,1-2H3. The average Bonchev–Trinajstić information content (AvgIpc) is 2.01. The SMILES string of the molecule is [CH2]C(CC)c1cc(C)cc(Br)c1. The lowest BCUT2D eigenvalue weighted by atomic mass is 9.97. The van der Waals surface area contributed by atoms with Gasteiger partial charge in [-0.25, -0.2) is 0 Å². The van der Waals surface area contributed by atoms with Crippen molar-refractivity contribution in [2.45, 2.75) is 26.2 Å². The van der Waals surface area contributed by atoms with E-state index >= 15 is 0 Å². The Morgan fingerprint density at radius 1 is 1.42 bits per heavy atom. The molecule has 0 bridgehead atoms. The van der Waals surface area contributed by atoms with Crippen LogP contribution in [0.4, 0.5) is 0 Å². The van der Waals surface area contributed by atoms with E-state index in [2.05, 4.69) is 54.9 Å². The Morgan fingerprint density at radius 2 is 2.08 bits per heavy atom. The Balaban J connectivity index is 3.00. The highest BCUT2D eigenvalue weighted by molar-refractivity contribution is 9.10. The van der Waals surface area contributed by atoms with E-state index in [1.807, 2.05) is 0 Å². The van der Waals surface area contributed by atoms with Crippen molar-refractivity contribution in [1.29, 1.82) is 0 Å². The molecule has 1 aromatic rings. The molecule has 0 amide bonds. The zero-order valence-corrected chi connectivity index (χ0v) is 9.19. The Kier molecular flexibility index (Phi) is 3.33. The van der Waals surface area contributed by atoms with E-state index in [-0.39, 0.29) is 0 Å². The van der Waals surface area contributed by atoms with Crippen LogP contribution in [0.2, 0.25) is 0 Å². The van der Waals surface area contributed by atoms with E-state index in [1.54, 1.807) is 0 Å². The topological polar surface area (TPSA) is 0 Å². The number of benzene rings is 1. The number of aryl methyl sites for hydroxylation is 1. The van der Waals surface area contributed by atoms with Gasteiger partial charge in [-0.1, -0.05) is 28.9 Å². The number of halogens is 1. The van der Waals surface area contributed by atoms with Gasteiger partial charge < -0.3 is 0 Å². The lowest BCUT2D eigenvalue weighted by Crippen LogP contribution is -1.92. The molecule has 0 aliphatic heterocycles. The smallest absolute Gasteiger partial charge is 0.0180 e. The van der Waals surface area contributed by atoms with Crippen LogP contribution in [0.25, 0.3) is 0 Å². The molecule has 1 radical (unpaired) electrons. The van der Waals surface area contributed by atoms with Crippen LogP contribution in [-0.2, 0) is 0 Å². The fourth-order valence-corrected chi connectivity index (χ4v) is 1.86. The molecule has 0 aliphatic carbocycles. The summed E-state index contributed by atoms with van der Waals surface area (Å²) < 4.78 is 1.15. The molecule has 0 saturated carbocycles. The third-order valence-electron chi connectivity index (χ3n) is 2.03. The summed E-state index contributed by atoms with van der Waals surface area (Å²) in [5.74, 6) is 0.418. The van der Waals surface area contributed by atoms with Crippen LogP contribution >= 0.6 is 15.9 Å². The molecule has 1 aromatic carbocycles. The first-order valence-corrected chi connectivity index (χ1v) is 5.03. The van der Waals surface area contributed by atoms with Crippen LogP contribution in [-0.4, -0.2) is 0 Å². The van der Waals surface area contributed by atoms with E-state index in [0.29, 0.717) is 5.92 Å². The second-order valence-corrected chi connectivity index (χ2v) is 4.08. The summed E-state index contributed by atoms with van der Waals surface area (Å²) >= 11 is 3.48. The first-order chi connectivity index (χ1) is 5.63. The maximum Gasteiger partial charge on any atom is 0.0180 e. The van der Waals surface area contributed by atoms with Crippen molar-refractivity contribution in [3.05, 3.63) is 40.7 Å². The van der Waals surface area contributed by atoms with E-state index < -0.39 is 0 Å². The van der Waals surface area contributed by atoms with Crippen LogP contribution in [0.15, 0.2) is 22.7 Å². The summed E-state index contributed by atoms with van der Waals surface area (Å²) in [7, 11) is 0. The molecule has 0 heterocycles. The van der Waals surface area contributed by atoms with Crippen molar-refractivity contribution >= 4 is 15.9 Å². The summed E-state index contributed by atoms with van der Waals surface area (Å²) in [6, 6.07) is 6.46. The van der Waals surface area contributed by atoms with Gasteiger partial charge in [-0.15, -0.1) is 0 Å². The van der Waals surface area contributed by atoms with Gasteiger partial charge in [0.2, 0.25) is 0 Å². The first-order valence-electron chi connectivity index (χ1n) is 4.23. The van der Waals surface area contributed by atoms with Gasteiger partial charge in [-0.3, -0.25) is 0 Å². The van der Waals surface area contributed by atoms with Crippen molar-refractivity contribution in [2.24, 2.45) is 0 Å². The number of hydrogen-bond donors (Lipinski definition) is 0. The highest BCUT2D eigenvalue weighted by Crippen LogP contribution is 2.23. The second-order valence-electron chi connectivity index (χ2n) is 3.17. The zero-order valence-electron chi connectivity index (χ0n) is 7.60. The maximum absolute atomic E-state index is 4.09. The summed E-state index contributed by atoms with van der Waals surface area (Å²) in [5, 5.41) is 0. The van der Waals surface area contributed by atoms with Crippen LogP contribution < -0.4 is 0 Å². The lowest BCUT2D eigenvalue weighted by molar-refractivity contribution is 0.800. The molecule has 1 atom stereocenters. The molecule has 0 spiro atoms. The summed E-state index contributed by atoms with van der Waals surface area (Å²) in [4.78, 5) is 0. The normalized spacial score (nSPS) is 13.0. The Hall–Kier alpha value is -0.300. The van der Waals surface area contributed by atoms with E-state index in [1.165, 1.54) is 11.1 Å². The number of hydrogen-bond acceptors (Lipinski definition) is 0. The molecular weight excluding hydrogens is 212 g/mol. The van der Waals surface area contributed by atoms with Crippen LogP contribution in [0.3, 0.4) is 0 Å². The van der Waals surface area contributed by atoms with E-state index in [9.17, 15) is 0 Å². The third kappa shape index (κ3) is 2.34. The molecule has 65 valence electrons. The Morgan fingerprint density at radius 3 is 2.58 bits per heavy atom. The Labute approximate surface area is 83.1 Å². The van der Waals surface area contributed by atoms with Crippen molar-refractivity contribution in [3.63, 3.8) is 0 Å². The largest absolute Gasteiger partial charge is 0.0648 e. The fourth-order valence-electron chi connectivity index (χ4n) is 1.24. The van der Waals surface area contributed by atoms with E-state index in [4.69, 9.17) is 0 Å². The van der Waals surface area contributed by atoms with Crippen LogP contribution in [0, 0.1) is 13.8 Å². The van der Waals surface area contributed by atoms with Gasteiger partial charge in [0.15, 0.2) is 0 Å². The molecule has 1 heteroatoms. The Bertz CT molecular complexity index is 245. The molecule has 0 aromatic heterocycles. The minimum Gasteiger partial charge on any atom is -0.0648 e. The molecule has 12 heavy (non-hydrogen) atoms. The van der Waals surface area contributed by atoms with Gasteiger partial charge in [0, 0.05) is 4.47 Å². The molecule has 0 saturated heterocycles. The van der Waals surface area contributed by atoms with Gasteiger partial charge in [-0.2, -0.15) is 0 Å². The van der Waals surface area contributed by atoms with Crippen molar-refractivity contribution in [3.8, 4) is 0 Å². The molecule has 0 fully saturated rings. The minimum absolute atomic E-state index is 0.418. The summed E-state index contributed by atoms with van der Waals surface area (Å²) in [5.41, 5.74) is 2.62. The summed E-state index contributed by atoms with van der Waals surface area (Å²) in [6.45, 7) is 8.36. The molecule has 1 unspecified atom stereocenters. The van der Waals surface area contributed by atoms with Crippen molar-refractivity contribution in [1.82, 2.24) is 0 Å². The maximum atomic E-state index is 4.09. The van der Waals surface area contributed by atoms with Gasteiger partial charge >= 0.3 is 0 Å². The quantitative estimate of drug-likeness (QED) is 0.712. The van der Waals surface area contributed by atoms with Gasteiger partial charge in [0.05, 0.1) is 0 Å². The molecular formula is C11H14Br.